The number of aromatic amines is 1. The Balaban J connectivity index is 1.35. The monoisotopic (exact) mass is 440 g/mol. The minimum absolute atomic E-state index is 0.00591. The van der Waals surface area contributed by atoms with Gasteiger partial charge in [-0.05, 0) is 36.8 Å². The van der Waals surface area contributed by atoms with Crippen LogP contribution in [0.4, 0.5) is 5.82 Å². The fraction of sp³-hybridized carbons (Fsp3) is 0.280. The van der Waals surface area contributed by atoms with E-state index in [0.29, 0.717) is 13.1 Å². The number of carbonyl (C=O) groups excluding carboxylic acids is 1. The number of carbonyl (C=O) groups is 1. The summed E-state index contributed by atoms with van der Waals surface area (Å²) in [5.41, 5.74) is 2.58. The molecule has 33 heavy (non-hydrogen) atoms. The number of H-pyrrole nitrogens is 1. The number of amides is 1. The van der Waals surface area contributed by atoms with Crippen molar-refractivity contribution >= 4 is 22.6 Å². The third kappa shape index (κ3) is 3.47. The summed E-state index contributed by atoms with van der Waals surface area (Å²) < 4.78 is 1.71. The third-order valence-corrected chi connectivity index (χ3v) is 6.84. The molecule has 1 aromatic carbocycles. The lowest BCUT2D eigenvalue weighted by atomic mass is 9.78. The number of piperidine rings is 1. The SMILES string of the molecule is O=C(NCc1ccn[nH]1)[C@H]1[C@H]2C[C@H](CN(c3ccc4ccccc4n3)C2)c2cccc(=O)n21. The molecule has 1 fully saturated rings. The maximum absolute atomic E-state index is 13.4. The van der Waals surface area contributed by atoms with Gasteiger partial charge in [0.05, 0.1) is 17.8 Å². The van der Waals surface area contributed by atoms with Crippen LogP contribution in [-0.2, 0) is 11.3 Å². The van der Waals surface area contributed by atoms with E-state index in [1.807, 2.05) is 30.3 Å². The van der Waals surface area contributed by atoms with Crippen molar-refractivity contribution in [2.24, 2.45) is 5.92 Å². The quantitative estimate of drug-likeness (QED) is 0.509. The van der Waals surface area contributed by atoms with Crippen molar-refractivity contribution in [3.8, 4) is 0 Å². The Hall–Kier alpha value is -3.94. The highest BCUT2D eigenvalue weighted by Crippen LogP contribution is 2.42. The first kappa shape index (κ1) is 19.7. The molecule has 8 nitrogen and oxygen atoms in total. The van der Waals surface area contributed by atoms with Crippen molar-refractivity contribution in [3.05, 3.63) is 88.6 Å². The Bertz CT molecular complexity index is 1380. The van der Waals surface area contributed by atoms with E-state index in [-0.39, 0.29) is 23.3 Å². The number of aromatic nitrogens is 4. The summed E-state index contributed by atoms with van der Waals surface area (Å²) in [4.78, 5) is 33.4. The first-order valence-electron chi connectivity index (χ1n) is 11.3. The van der Waals surface area contributed by atoms with E-state index in [0.717, 1.165) is 41.1 Å². The number of rotatable bonds is 4. The van der Waals surface area contributed by atoms with Crippen molar-refractivity contribution in [2.75, 3.05) is 18.0 Å². The van der Waals surface area contributed by atoms with E-state index in [4.69, 9.17) is 4.98 Å². The average molecular weight is 441 g/mol. The number of para-hydroxylation sites is 1. The second-order valence-corrected chi connectivity index (χ2v) is 8.86. The van der Waals surface area contributed by atoms with E-state index < -0.39 is 6.04 Å². The molecule has 1 saturated heterocycles. The lowest BCUT2D eigenvalue weighted by Crippen LogP contribution is -2.53. The molecule has 8 heteroatoms. The topological polar surface area (TPSA) is 95.9 Å². The van der Waals surface area contributed by atoms with E-state index in [9.17, 15) is 9.59 Å². The van der Waals surface area contributed by atoms with Crippen LogP contribution in [0.2, 0.25) is 0 Å². The Kier molecular flexibility index (Phi) is 4.71. The van der Waals surface area contributed by atoms with Crippen LogP contribution < -0.4 is 15.8 Å². The summed E-state index contributed by atoms with van der Waals surface area (Å²) in [5, 5.41) is 10.9. The highest BCUT2D eigenvalue weighted by atomic mass is 16.2. The summed E-state index contributed by atoms with van der Waals surface area (Å²) in [6, 6.07) is 18.8. The molecule has 0 unspecified atom stereocenters. The van der Waals surface area contributed by atoms with E-state index >= 15 is 0 Å². The predicted octanol–water partition coefficient (Wildman–Crippen LogP) is 2.60. The molecule has 1 amide bonds. The minimum Gasteiger partial charge on any atom is -0.356 e. The first-order valence-corrected chi connectivity index (χ1v) is 11.3. The number of pyridine rings is 2. The fourth-order valence-corrected chi connectivity index (χ4v) is 5.36. The van der Waals surface area contributed by atoms with Gasteiger partial charge in [0.25, 0.3) is 5.56 Å². The summed E-state index contributed by atoms with van der Waals surface area (Å²) >= 11 is 0. The molecule has 0 saturated carbocycles. The minimum atomic E-state index is -0.559. The van der Waals surface area contributed by atoms with Gasteiger partial charge in [0.15, 0.2) is 0 Å². The molecule has 3 aromatic heterocycles. The van der Waals surface area contributed by atoms with Gasteiger partial charge >= 0.3 is 0 Å². The van der Waals surface area contributed by atoms with Gasteiger partial charge in [0, 0.05) is 48.3 Å². The highest BCUT2D eigenvalue weighted by Gasteiger charge is 2.44. The smallest absolute Gasteiger partial charge is 0.251 e. The number of fused-ring (bicyclic) bond motifs is 5. The first-order chi connectivity index (χ1) is 16.2. The number of hydrogen-bond donors (Lipinski definition) is 2. The number of nitrogens with one attached hydrogen (secondary N) is 2. The molecule has 6 rings (SSSR count). The van der Waals surface area contributed by atoms with Crippen molar-refractivity contribution < 1.29 is 4.79 Å². The number of anilines is 1. The Morgan fingerprint density at radius 3 is 2.85 bits per heavy atom. The maximum atomic E-state index is 13.4. The van der Waals surface area contributed by atoms with Gasteiger partial charge in [-0.3, -0.25) is 19.3 Å². The van der Waals surface area contributed by atoms with Crippen LogP contribution in [0.15, 0.2) is 71.7 Å². The van der Waals surface area contributed by atoms with Crippen LogP contribution in [0.3, 0.4) is 0 Å². The Morgan fingerprint density at radius 2 is 1.97 bits per heavy atom. The fourth-order valence-electron chi connectivity index (χ4n) is 5.36. The molecule has 2 aliphatic heterocycles. The van der Waals surface area contributed by atoms with Crippen LogP contribution >= 0.6 is 0 Å². The van der Waals surface area contributed by atoms with E-state index in [1.165, 1.54) is 0 Å². The zero-order chi connectivity index (χ0) is 22.4. The largest absolute Gasteiger partial charge is 0.356 e. The Labute approximate surface area is 190 Å². The zero-order valence-electron chi connectivity index (χ0n) is 18.0. The van der Waals surface area contributed by atoms with E-state index in [1.54, 1.807) is 22.9 Å². The standard InChI is InChI=1S/C25H24N6O2/c32-23-7-3-6-21-17-12-18(24(31(21)23)25(33)26-13-19-10-11-27-29-19)15-30(14-17)22-9-8-16-4-1-2-5-20(16)28-22/h1-11,17-18,24H,12-15H2,(H,26,33)(H,27,29)/t17-,18+,24-/m1/s1. The number of benzene rings is 1. The van der Waals surface area contributed by atoms with Crippen molar-refractivity contribution in [1.82, 2.24) is 25.1 Å². The van der Waals surface area contributed by atoms with E-state index in [2.05, 4.69) is 38.6 Å². The summed E-state index contributed by atoms with van der Waals surface area (Å²) in [5.74, 6) is 0.941. The number of hydrogen-bond acceptors (Lipinski definition) is 5. The van der Waals surface area contributed by atoms with Crippen molar-refractivity contribution in [1.29, 1.82) is 0 Å². The van der Waals surface area contributed by atoms with Gasteiger partial charge in [-0.15, -0.1) is 0 Å². The number of nitrogens with zero attached hydrogens (tertiary/aromatic N) is 4. The highest BCUT2D eigenvalue weighted by molar-refractivity contribution is 5.82. The summed E-state index contributed by atoms with van der Waals surface area (Å²) in [6.07, 6.45) is 2.53. The molecule has 5 heterocycles. The normalized spacial score (nSPS) is 21.6. The lowest BCUT2D eigenvalue weighted by molar-refractivity contribution is -0.127. The molecule has 2 aliphatic rings. The molecule has 166 valence electrons. The van der Waals surface area contributed by atoms with Gasteiger partial charge < -0.3 is 10.2 Å². The lowest BCUT2D eigenvalue weighted by Gasteiger charge is -2.46. The molecule has 0 aliphatic carbocycles. The van der Waals surface area contributed by atoms with Crippen LogP contribution in [-0.4, -0.2) is 38.7 Å². The molecule has 0 spiro atoms. The van der Waals surface area contributed by atoms with Crippen LogP contribution in [0.25, 0.3) is 10.9 Å². The van der Waals surface area contributed by atoms with Crippen LogP contribution in [0, 0.1) is 5.92 Å². The van der Waals surface area contributed by atoms with Crippen molar-refractivity contribution in [3.63, 3.8) is 0 Å². The molecule has 2 N–H and O–H groups in total. The van der Waals surface area contributed by atoms with Crippen molar-refractivity contribution in [2.45, 2.75) is 24.9 Å². The molecule has 2 bridgehead atoms. The summed E-state index contributed by atoms with van der Waals surface area (Å²) in [7, 11) is 0. The average Bonchev–Trinajstić information content (AvgIpc) is 3.37. The summed E-state index contributed by atoms with van der Waals surface area (Å²) in [6.45, 7) is 1.79. The zero-order valence-corrected chi connectivity index (χ0v) is 18.0. The maximum Gasteiger partial charge on any atom is 0.251 e. The van der Waals surface area contributed by atoms with Gasteiger partial charge in [-0.25, -0.2) is 4.98 Å². The van der Waals surface area contributed by atoms with Gasteiger partial charge in [-0.2, -0.15) is 5.10 Å². The molecular weight excluding hydrogens is 416 g/mol. The Morgan fingerprint density at radius 1 is 1.06 bits per heavy atom. The molecule has 3 atom stereocenters. The second kappa shape index (κ2) is 7.88. The van der Waals surface area contributed by atoms with Gasteiger partial charge in [0.2, 0.25) is 5.91 Å². The molecule has 0 radical (unpaired) electrons. The van der Waals surface area contributed by atoms with Crippen LogP contribution in [0.1, 0.15) is 29.8 Å². The molecular formula is C25H24N6O2. The predicted molar refractivity (Wildman–Crippen MR) is 125 cm³/mol. The van der Waals surface area contributed by atoms with Crippen LogP contribution in [0.5, 0.6) is 0 Å². The molecule has 4 aromatic rings. The second-order valence-electron chi connectivity index (χ2n) is 8.86. The van der Waals surface area contributed by atoms with Gasteiger partial charge in [0.1, 0.15) is 11.9 Å². The third-order valence-electron chi connectivity index (χ3n) is 6.84. The van der Waals surface area contributed by atoms with Gasteiger partial charge in [-0.1, -0.05) is 24.3 Å².